The maximum absolute atomic E-state index is 12.4. The van der Waals surface area contributed by atoms with Gasteiger partial charge in [0.15, 0.2) is 0 Å². The molecule has 2 atom stereocenters. The largest absolute Gasteiger partial charge is 0.497 e. The van der Waals surface area contributed by atoms with Crippen LogP contribution in [0.5, 0.6) is 17.2 Å². The molecule has 0 aliphatic carbocycles. The zero-order valence-electron chi connectivity index (χ0n) is 15.2. The van der Waals surface area contributed by atoms with E-state index in [9.17, 15) is 9.32 Å². The molecule has 0 aliphatic rings. The number of ether oxygens (including phenoxy) is 2. The van der Waals surface area contributed by atoms with Gasteiger partial charge >= 0.3 is 0 Å². The Bertz CT molecular complexity index is 1050. The second-order valence-corrected chi connectivity index (χ2v) is 7.88. The molecule has 0 fully saturated rings. The number of benzene rings is 2. The topological polar surface area (TPSA) is 125 Å². The van der Waals surface area contributed by atoms with Crippen molar-refractivity contribution in [2.24, 2.45) is 0 Å². The van der Waals surface area contributed by atoms with Crippen LogP contribution in [-0.4, -0.2) is 45.8 Å². The quantitative estimate of drug-likeness (QED) is 0.457. The third-order valence-corrected chi connectivity index (χ3v) is 5.54. The third-order valence-electron chi connectivity index (χ3n) is 4.03. The molecule has 3 rings (SSSR count). The van der Waals surface area contributed by atoms with Crippen molar-refractivity contribution in [1.82, 2.24) is 9.71 Å². The molecule has 8 nitrogen and oxygen atoms in total. The summed E-state index contributed by atoms with van der Waals surface area (Å²) < 4.78 is 33.9. The summed E-state index contributed by atoms with van der Waals surface area (Å²) in [6, 6.07) is 13.5. The molecular formula is C19H21N3O5S. The van der Waals surface area contributed by atoms with Crippen LogP contribution < -0.4 is 14.2 Å². The molecule has 9 heteroatoms. The molecule has 28 heavy (non-hydrogen) atoms. The van der Waals surface area contributed by atoms with E-state index in [1.54, 1.807) is 31.5 Å². The molecule has 4 N–H and O–H groups in total. The van der Waals surface area contributed by atoms with Crippen LogP contribution in [0.3, 0.4) is 0 Å². The Hall–Kier alpha value is -2.72. The van der Waals surface area contributed by atoms with Gasteiger partial charge < -0.3 is 19.7 Å². The monoisotopic (exact) mass is 403 g/mol. The summed E-state index contributed by atoms with van der Waals surface area (Å²) in [4.78, 5) is 4.56. The Morgan fingerprint density at radius 3 is 2.57 bits per heavy atom. The Labute approximate surface area is 162 Å². The van der Waals surface area contributed by atoms with Crippen LogP contribution in [0.2, 0.25) is 0 Å². The lowest BCUT2D eigenvalue weighted by Crippen LogP contribution is -2.33. The minimum absolute atomic E-state index is 0.149. The molecule has 0 amide bonds. The molecule has 1 aromatic heterocycles. The van der Waals surface area contributed by atoms with E-state index in [1.165, 1.54) is 12.1 Å². The van der Waals surface area contributed by atoms with Gasteiger partial charge in [0.1, 0.15) is 27.2 Å². The third kappa shape index (κ3) is 4.57. The summed E-state index contributed by atoms with van der Waals surface area (Å²) >= 11 is 0. The maximum Gasteiger partial charge on any atom is 0.138 e. The molecule has 0 saturated heterocycles. The van der Waals surface area contributed by atoms with Crippen molar-refractivity contribution < 1.29 is 23.9 Å². The normalized spacial score (nSPS) is 14.4. The van der Waals surface area contributed by atoms with Crippen molar-refractivity contribution >= 4 is 20.8 Å². The number of aromatic nitrogens is 1. The summed E-state index contributed by atoms with van der Waals surface area (Å²) in [6.07, 6.45) is 0.561. The summed E-state index contributed by atoms with van der Waals surface area (Å²) in [5.74, 6) is 1.82. The number of aliphatic hydroxyl groups is 2. The Kier molecular flexibility index (Phi) is 6.10. The SMILES string of the molecule is COc1ccc2c(Oc3ccc([S@](=N)(=O)NC[C@H](O)CO)cc3)ccnc2c1. The smallest absolute Gasteiger partial charge is 0.138 e. The van der Waals surface area contributed by atoms with E-state index in [-0.39, 0.29) is 11.4 Å². The molecule has 1 heterocycles. The Morgan fingerprint density at radius 1 is 1.18 bits per heavy atom. The van der Waals surface area contributed by atoms with Crippen molar-refractivity contribution in [3.63, 3.8) is 0 Å². The molecule has 0 bridgehead atoms. The zero-order valence-corrected chi connectivity index (χ0v) is 16.0. The van der Waals surface area contributed by atoms with Gasteiger partial charge in [0.2, 0.25) is 0 Å². The highest BCUT2D eigenvalue weighted by molar-refractivity contribution is 7.90. The van der Waals surface area contributed by atoms with Gasteiger partial charge in [0.05, 0.1) is 30.2 Å². The number of pyridine rings is 1. The van der Waals surface area contributed by atoms with Crippen molar-refractivity contribution in [3.8, 4) is 17.2 Å². The van der Waals surface area contributed by atoms with Gasteiger partial charge in [0.25, 0.3) is 0 Å². The maximum atomic E-state index is 12.4. The van der Waals surface area contributed by atoms with Crippen molar-refractivity contribution in [3.05, 3.63) is 54.7 Å². The van der Waals surface area contributed by atoms with E-state index in [2.05, 4.69) is 9.71 Å². The molecule has 0 unspecified atom stereocenters. The molecule has 0 radical (unpaired) electrons. The van der Waals surface area contributed by atoms with E-state index in [4.69, 9.17) is 19.4 Å². The lowest BCUT2D eigenvalue weighted by molar-refractivity contribution is 0.0990. The minimum Gasteiger partial charge on any atom is -0.497 e. The van der Waals surface area contributed by atoms with Gasteiger partial charge in [-0.2, -0.15) is 0 Å². The highest BCUT2D eigenvalue weighted by atomic mass is 32.2. The number of nitrogens with zero attached hydrogens (tertiary/aromatic N) is 1. The number of fused-ring (bicyclic) bond motifs is 1. The number of rotatable bonds is 8. The van der Waals surface area contributed by atoms with Crippen LogP contribution >= 0.6 is 0 Å². The van der Waals surface area contributed by atoms with E-state index >= 15 is 0 Å². The highest BCUT2D eigenvalue weighted by Crippen LogP contribution is 2.31. The fraction of sp³-hybridized carbons (Fsp3) is 0.211. The van der Waals surface area contributed by atoms with Gasteiger partial charge in [-0.05, 0) is 42.5 Å². The lowest BCUT2D eigenvalue weighted by Gasteiger charge is -2.13. The second-order valence-electron chi connectivity index (χ2n) is 6.01. The van der Waals surface area contributed by atoms with Crippen LogP contribution in [0, 0.1) is 4.78 Å². The number of aliphatic hydroxyl groups excluding tert-OH is 2. The summed E-state index contributed by atoms with van der Waals surface area (Å²) in [6.45, 7) is -0.620. The summed E-state index contributed by atoms with van der Waals surface area (Å²) in [7, 11) is -1.71. The van der Waals surface area contributed by atoms with E-state index in [0.717, 1.165) is 10.9 Å². The van der Waals surface area contributed by atoms with Crippen LogP contribution in [0.1, 0.15) is 0 Å². The van der Waals surface area contributed by atoms with Gasteiger partial charge in [-0.25, -0.2) is 13.7 Å². The van der Waals surface area contributed by atoms with Gasteiger partial charge in [-0.15, -0.1) is 0 Å². The Balaban J connectivity index is 1.79. The van der Waals surface area contributed by atoms with E-state index in [1.807, 2.05) is 18.2 Å². The van der Waals surface area contributed by atoms with Crippen molar-refractivity contribution in [2.75, 3.05) is 20.3 Å². The number of methoxy groups -OCH3 is 1. The van der Waals surface area contributed by atoms with Gasteiger partial charge in [-0.3, -0.25) is 4.98 Å². The number of hydrogen-bond acceptors (Lipinski definition) is 7. The summed E-state index contributed by atoms with van der Waals surface area (Å²) in [5.41, 5.74) is 0.731. The predicted molar refractivity (Wildman–Crippen MR) is 105 cm³/mol. The first kappa shape index (κ1) is 20.0. The first-order valence-electron chi connectivity index (χ1n) is 8.46. The number of hydrogen-bond donors (Lipinski definition) is 4. The zero-order chi connectivity index (χ0) is 20.1. The summed E-state index contributed by atoms with van der Waals surface area (Å²) in [5, 5.41) is 19.0. The molecular weight excluding hydrogens is 382 g/mol. The Morgan fingerprint density at radius 2 is 1.89 bits per heavy atom. The fourth-order valence-electron chi connectivity index (χ4n) is 2.51. The van der Waals surface area contributed by atoms with Crippen molar-refractivity contribution in [1.29, 1.82) is 4.78 Å². The molecule has 0 spiro atoms. The van der Waals surface area contributed by atoms with Crippen LogP contribution in [-0.2, 0) is 9.92 Å². The molecule has 3 aromatic rings. The van der Waals surface area contributed by atoms with Crippen LogP contribution in [0.25, 0.3) is 10.9 Å². The van der Waals surface area contributed by atoms with E-state index < -0.39 is 22.6 Å². The minimum atomic E-state index is -3.30. The molecule has 0 saturated carbocycles. The molecule has 2 aromatic carbocycles. The standard InChI is InChI=1S/C19H21N3O5S/c1-26-15-4-7-17-18(10-15)21-9-8-19(17)27-14-2-5-16(6-3-14)28(20,25)22-11-13(24)12-23/h2-10,13,23-24H,11-12H2,1H3,(H2,20,22,25)/t13-,28+/m0/s1. The van der Waals surface area contributed by atoms with Gasteiger partial charge in [-0.1, -0.05) is 0 Å². The average molecular weight is 403 g/mol. The molecule has 148 valence electrons. The highest BCUT2D eigenvalue weighted by Gasteiger charge is 2.13. The van der Waals surface area contributed by atoms with Crippen LogP contribution in [0.4, 0.5) is 0 Å². The number of nitrogens with one attached hydrogen (secondary N) is 2. The first-order chi connectivity index (χ1) is 13.4. The fourth-order valence-corrected chi connectivity index (χ4v) is 3.62. The van der Waals surface area contributed by atoms with Gasteiger partial charge in [0, 0.05) is 24.2 Å². The predicted octanol–water partition coefficient (Wildman–Crippen LogP) is 2.30. The second kappa shape index (κ2) is 8.53. The average Bonchev–Trinajstić information content (AvgIpc) is 2.72. The van der Waals surface area contributed by atoms with E-state index in [0.29, 0.717) is 17.2 Å². The first-order valence-corrected chi connectivity index (χ1v) is 10.0. The molecule has 0 aliphatic heterocycles. The lowest BCUT2D eigenvalue weighted by atomic mass is 10.2. The van der Waals surface area contributed by atoms with Crippen molar-refractivity contribution in [2.45, 2.75) is 11.0 Å². The van der Waals surface area contributed by atoms with Crippen LogP contribution in [0.15, 0.2) is 59.6 Å².